The molecule has 1 aromatic heterocycles. The number of halogens is 1. The summed E-state index contributed by atoms with van der Waals surface area (Å²) in [4.78, 5) is 12.5. The second kappa shape index (κ2) is 5.95. The lowest BCUT2D eigenvalue weighted by Gasteiger charge is -1.99. The molecule has 0 bridgehead atoms. The second-order valence-corrected chi connectivity index (χ2v) is 5.22. The smallest absolute Gasteiger partial charge is 0.280 e. The monoisotopic (exact) mass is 311 g/mol. The number of benzene rings is 2. The molecule has 0 spiro atoms. The van der Waals surface area contributed by atoms with Crippen LogP contribution in [0.2, 0.25) is 5.02 Å². The van der Waals surface area contributed by atoms with Gasteiger partial charge in [0.15, 0.2) is 0 Å². The molecule has 0 amide bonds. The van der Waals surface area contributed by atoms with Gasteiger partial charge in [-0.3, -0.25) is 9.89 Å². The van der Waals surface area contributed by atoms with E-state index in [9.17, 15) is 4.79 Å². The Hall–Kier alpha value is -2.72. The Morgan fingerprint density at radius 2 is 1.91 bits per heavy atom. The number of hydrogen-bond acceptors (Lipinski definition) is 2. The fourth-order valence-corrected chi connectivity index (χ4v) is 2.33. The molecule has 110 valence electrons. The zero-order valence-electron chi connectivity index (χ0n) is 11.7. The average Bonchev–Trinajstić information content (AvgIpc) is 2.81. The van der Waals surface area contributed by atoms with E-state index >= 15 is 0 Å². The lowest BCUT2D eigenvalue weighted by atomic mass is 10.3. The number of para-hydroxylation sites is 1. The Morgan fingerprint density at radius 3 is 2.64 bits per heavy atom. The first-order valence-electron chi connectivity index (χ1n) is 6.73. The van der Waals surface area contributed by atoms with Crippen molar-refractivity contribution in [1.82, 2.24) is 9.78 Å². The Kier molecular flexibility index (Phi) is 3.85. The summed E-state index contributed by atoms with van der Waals surface area (Å²) in [6.45, 7) is 3.88. The van der Waals surface area contributed by atoms with Crippen LogP contribution < -0.4 is 21.4 Å². The summed E-state index contributed by atoms with van der Waals surface area (Å²) in [6, 6.07) is 16.6. The predicted octanol–water partition coefficient (Wildman–Crippen LogP) is 2.08. The minimum atomic E-state index is -0.161. The van der Waals surface area contributed by atoms with Gasteiger partial charge in [0.05, 0.1) is 16.3 Å². The van der Waals surface area contributed by atoms with Crippen LogP contribution in [0, 0.1) is 0 Å². The topological polar surface area (TPSA) is 49.8 Å². The zero-order valence-corrected chi connectivity index (χ0v) is 12.5. The highest BCUT2D eigenvalue weighted by atomic mass is 35.5. The van der Waals surface area contributed by atoms with E-state index in [-0.39, 0.29) is 5.56 Å². The van der Waals surface area contributed by atoms with E-state index in [2.05, 4.69) is 17.0 Å². The second-order valence-electron chi connectivity index (χ2n) is 4.78. The maximum atomic E-state index is 12.5. The van der Waals surface area contributed by atoms with Crippen molar-refractivity contribution >= 4 is 30.1 Å². The quantitative estimate of drug-likeness (QED) is 0.778. The third-order valence-corrected chi connectivity index (χ3v) is 3.46. The summed E-state index contributed by atoms with van der Waals surface area (Å²) in [5, 5.41) is 7.69. The van der Waals surface area contributed by atoms with Gasteiger partial charge in [0, 0.05) is 16.9 Å². The van der Waals surface area contributed by atoms with E-state index in [0.29, 0.717) is 15.6 Å². The van der Waals surface area contributed by atoms with E-state index < -0.39 is 0 Å². The van der Waals surface area contributed by atoms with Crippen LogP contribution >= 0.6 is 11.6 Å². The lowest BCUT2D eigenvalue weighted by molar-refractivity contribution is 0.838. The minimum absolute atomic E-state index is 0.161. The molecule has 0 aliphatic rings. The van der Waals surface area contributed by atoms with Crippen molar-refractivity contribution in [2.24, 2.45) is 0 Å². The van der Waals surface area contributed by atoms with Crippen LogP contribution in [0.15, 0.2) is 59.4 Å². The molecule has 0 saturated carbocycles. The van der Waals surface area contributed by atoms with Gasteiger partial charge in [0.25, 0.3) is 5.56 Å². The normalized spacial score (nSPS) is 11.6. The van der Waals surface area contributed by atoms with Crippen LogP contribution in [0.25, 0.3) is 18.5 Å². The molecule has 0 aliphatic heterocycles. The Bertz CT molecular complexity index is 958. The maximum absolute atomic E-state index is 12.5. The molecule has 3 rings (SSSR count). The van der Waals surface area contributed by atoms with Crippen molar-refractivity contribution in [3.8, 4) is 5.69 Å². The highest BCUT2D eigenvalue weighted by Crippen LogP contribution is 2.14. The van der Waals surface area contributed by atoms with Gasteiger partial charge in [-0.1, -0.05) is 42.4 Å². The van der Waals surface area contributed by atoms with Gasteiger partial charge in [-0.2, -0.15) is 0 Å². The molecule has 22 heavy (non-hydrogen) atoms. The van der Waals surface area contributed by atoms with E-state index in [1.165, 1.54) is 4.68 Å². The first-order chi connectivity index (χ1) is 10.6. The number of rotatable bonds is 3. The van der Waals surface area contributed by atoms with Crippen LogP contribution in [0.4, 0.5) is 5.69 Å². The van der Waals surface area contributed by atoms with Gasteiger partial charge < -0.3 is 5.32 Å². The van der Waals surface area contributed by atoms with Gasteiger partial charge in [-0.05, 0) is 30.3 Å². The third kappa shape index (κ3) is 2.82. The fraction of sp³-hybridized carbons (Fsp3) is 0. The summed E-state index contributed by atoms with van der Waals surface area (Å²) in [6.07, 6.45) is 1.63. The molecule has 0 atom stereocenters. The lowest BCUT2D eigenvalue weighted by Crippen LogP contribution is -2.34. The standard InChI is InChI=1S/C17H14ClN3O/c1-12-16(11-19-14-7-5-6-13(18)10-14)17(22)21(20-12)15-8-3-2-4-9-15/h2-11,19-20H,1H2/b16-11-. The molecule has 0 unspecified atom stereocenters. The predicted molar refractivity (Wildman–Crippen MR) is 90.7 cm³/mol. The number of nitrogens with zero attached hydrogens (tertiary/aromatic N) is 1. The molecule has 0 aliphatic carbocycles. The Morgan fingerprint density at radius 1 is 1.14 bits per heavy atom. The van der Waals surface area contributed by atoms with Crippen molar-refractivity contribution in [3.05, 3.63) is 80.5 Å². The van der Waals surface area contributed by atoms with Crippen molar-refractivity contribution in [2.75, 3.05) is 5.32 Å². The highest BCUT2D eigenvalue weighted by molar-refractivity contribution is 6.30. The first kappa shape index (κ1) is 14.2. The summed E-state index contributed by atoms with van der Waals surface area (Å²) < 4.78 is 1.47. The number of anilines is 1. The molecule has 0 radical (unpaired) electrons. The molecular formula is C17H14ClN3O. The van der Waals surface area contributed by atoms with Gasteiger partial charge in [-0.15, -0.1) is 0 Å². The van der Waals surface area contributed by atoms with Gasteiger partial charge >= 0.3 is 0 Å². The van der Waals surface area contributed by atoms with Crippen LogP contribution in [0.3, 0.4) is 0 Å². The van der Waals surface area contributed by atoms with Crippen molar-refractivity contribution < 1.29 is 0 Å². The number of hydrogen-bond donors (Lipinski definition) is 2. The van der Waals surface area contributed by atoms with Crippen LogP contribution in [0.1, 0.15) is 0 Å². The molecule has 0 saturated heterocycles. The summed E-state index contributed by atoms with van der Waals surface area (Å²) in [5.74, 6) is 0. The highest BCUT2D eigenvalue weighted by Gasteiger charge is 2.03. The average molecular weight is 312 g/mol. The van der Waals surface area contributed by atoms with E-state index in [0.717, 1.165) is 11.4 Å². The molecule has 2 aromatic carbocycles. The van der Waals surface area contributed by atoms with Crippen molar-refractivity contribution in [3.63, 3.8) is 0 Å². The minimum Gasteiger partial charge on any atom is -0.361 e. The summed E-state index contributed by atoms with van der Waals surface area (Å²) in [7, 11) is 0. The van der Waals surface area contributed by atoms with Crippen LogP contribution in [-0.2, 0) is 0 Å². The first-order valence-corrected chi connectivity index (χ1v) is 7.10. The maximum Gasteiger partial charge on any atom is 0.280 e. The Balaban J connectivity index is 2.02. The molecule has 5 heteroatoms. The van der Waals surface area contributed by atoms with Gasteiger partial charge in [-0.25, -0.2) is 4.68 Å². The van der Waals surface area contributed by atoms with Crippen molar-refractivity contribution in [2.45, 2.75) is 0 Å². The van der Waals surface area contributed by atoms with E-state index in [4.69, 9.17) is 11.6 Å². The molecule has 2 N–H and O–H groups in total. The summed E-state index contributed by atoms with van der Waals surface area (Å²) in [5.41, 5.74) is 1.41. The van der Waals surface area contributed by atoms with Gasteiger partial charge in [0.1, 0.15) is 0 Å². The third-order valence-electron chi connectivity index (χ3n) is 3.23. The van der Waals surface area contributed by atoms with Crippen LogP contribution in [-0.4, -0.2) is 9.78 Å². The van der Waals surface area contributed by atoms with E-state index in [1.54, 1.807) is 18.3 Å². The molecule has 1 heterocycles. The number of aromatic amines is 1. The van der Waals surface area contributed by atoms with Gasteiger partial charge in [0.2, 0.25) is 0 Å². The largest absolute Gasteiger partial charge is 0.361 e. The Labute approximate surface area is 132 Å². The fourth-order valence-electron chi connectivity index (χ4n) is 2.14. The zero-order chi connectivity index (χ0) is 15.5. The number of H-pyrrole nitrogens is 1. The molecule has 4 nitrogen and oxygen atoms in total. The summed E-state index contributed by atoms with van der Waals surface area (Å²) >= 11 is 5.94. The number of aromatic nitrogens is 2. The molecule has 3 aromatic rings. The molecular weight excluding hydrogens is 298 g/mol. The van der Waals surface area contributed by atoms with E-state index in [1.807, 2.05) is 42.5 Å². The van der Waals surface area contributed by atoms with Crippen molar-refractivity contribution in [1.29, 1.82) is 0 Å². The number of nitrogens with one attached hydrogen (secondary N) is 2. The van der Waals surface area contributed by atoms with Crippen LogP contribution in [0.5, 0.6) is 0 Å². The SMILES string of the molecule is C=c1[nH]n(-c2ccccc2)c(=O)/c1=C\Nc1cccc(Cl)c1. The molecule has 0 fully saturated rings.